The summed E-state index contributed by atoms with van der Waals surface area (Å²) in [5.41, 5.74) is -0.713. The van der Waals surface area contributed by atoms with E-state index < -0.39 is 5.41 Å². The molecule has 0 aliphatic rings. The van der Waals surface area contributed by atoms with Crippen LogP contribution in [0.2, 0.25) is 0 Å². The SMILES string of the molecule is CCC(CO)(CO)COC(=O)CC(C)S. The normalized spacial score (nSPS) is 13.7. The third-order valence-electron chi connectivity index (χ3n) is 2.42. The standard InChI is InChI=1S/C10H20O4S/c1-3-10(5-11,6-12)7-14-9(13)4-8(2)15/h8,11-12,15H,3-7H2,1-2H3. The summed E-state index contributed by atoms with van der Waals surface area (Å²) in [6.07, 6.45) is 0.795. The number of ether oxygens (including phenoxy) is 1. The Bertz CT molecular complexity index is 182. The highest BCUT2D eigenvalue weighted by atomic mass is 32.1. The molecule has 0 aromatic heterocycles. The van der Waals surface area contributed by atoms with Gasteiger partial charge in [-0.3, -0.25) is 4.79 Å². The lowest BCUT2D eigenvalue weighted by Gasteiger charge is -2.27. The smallest absolute Gasteiger partial charge is 0.306 e. The molecule has 5 heteroatoms. The minimum Gasteiger partial charge on any atom is -0.465 e. The van der Waals surface area contributed by atoms with Crippen molar-refractivity contribution >= 4 is 18.6 Å². The maximum Gasteiger partial charge on any atom is 0.306 e. The Morgan fingerprint density at radius 2 is 2.00 bits per heavy atom. The van der Waals surface area contributed by atoms with Crippen LogP contribution in [-0.2, 0) is 9.53 Å². The van der Waals surface area contributed by atoms with Gasteiger partial charge in [-0.25, -0.2) is 0 Å². The van der Waals surface area contributed by atoms with Crippen LogP contribution in [0.1, 0.15) is 26.7 Å². The second-order valence-corrected chi connectivity index (χ2v) is 4.77. The van der Waals surface area contributed by atoms with Gasteiger partial charge in [0.25, 0.3) is 0 Å². The first kappa shape index (κ1) is 14.7. The maximum absolute atomic E-state index is 11.2. The minimum absolute atomic E-state index is 0.0446. The second kappa shape index (κ2) is 7.09. The molecule has 0 rings (SSSR count). The van der Waals surface area contributed by atoms with Crippen molar-refractivity contribution in [2.45, 2.75) is 31.9 Å². The molecule has 15 heavy (non-hydrogen) atoms. The molecule has 4 nitrogen and oxygen atoms in total. The molecule has 1 unspecified atom stereocenters. The molecule has 0 aliphatic heterocycles. The molecule has 2 N–H and O–H groups in total. The lowest BCUT2D eigenvalue weighted by Crippen LogP contribution is -2.35. The monoisotopic (exact) mass is 236 g/mol. The molecule has 0 aliphatic carbocycles. The Morgan fingerprint density at radius 3 is 2.33 bits per heavy atom. The molecule has 0 bridgehead atoms. The van der Waals surface area contributed by atoms with E-state index in [1.807, 2.05) is 6.92 Å². The van der Waals surface area contributed by atoms with Gasteiger partial charge in [0, 0.05) is 5.25 Å². The van der Waals surface area contributed by atoms with Crippen molar-refractivity contribution in [1.29, 1.82) is 0 Å². The highest BCUT2D eigenvalue weighted by Gasteiger charge is 2.28. The van der Waals surface area contributed by atoms with Crippen molar-refractivity contribution < 1.29 is 19.7 Å². The molecule has 0 heterocycles. The number of esters is 1. The largest absolute Gasteiger partial charge is 0.465 e. The highest BCUT2D eigenvalue weighted by Crippen LogP contribution is 2.21. The summed E-state index contributed by atoms with van der Waals surface area (Å²) < 4.78 is 4.98. The van der Waals surface area contributed by atoms with Gasteiger partial charge in [0.2, 0.25) is 0 Å². The number of carbonyl (C=O) groups is 1. The molecule has 0 aromatic carbocycles. The van der Waals surface area contributed by atoms with Crippen LogP contribution in [0.3, 0.4) is 0 Å². The van der Waals surface area contributed by atoms with Crippen LogP contribution in [0.4, 0.5) is 0 Å². The van der Waals surface area contributed by atoms with Crippen molar-refractivity contribution in [2.75, 3.05) is 19.8 Å². The van der Waals surface area contributed by atoms with Crippen LogP contribution < -0.4 is 0 Å². The third kappa shape index (κ3) is 5.39. The molecular weight excluding hydrogens is 216 g/mol. The topological polar surface area (TPSA) is 66.8 Å². The Morgan fingerprint density at radius 1 is 1.47 bits per heavy atom. The predicted molar refractivity (Wildman–Crippen MR) is 60.9 cm³/mol. The Kier molecular flexibility index (Phi) is 6.96. The molecule has 0 spiro atoms. The van der Waals surface area contributed by atoms with E-state index in [9.17, 15) is 4.79 Å². The highest BCUT2D eigenvalue weighted by molar-refractivity contribution is 7.80. The zero-order chi connectivity index (χ0) is 11.9. The van der Waals surface area contributed by atoms with Crippen molar-refractivity contribution in [3.8, 4) is 0 Å². The van der Waals surface area contributed by atoms with Crippen LogP contribution in [0, 0.1) is 5.41 Å². The van der Waals surface area contributed by atoms with Gasteiger partial charge in [-0.15, -0.1) is 0 Å². The molecule has 0 saturated heterocycles. The van der Waals surface area contributed by atoms with E-state index in [2.05, 4.69) is 12.6 Å². The van der Waals surface area contributed by atoms with Crippen molar-refractivity contribution in [3.63, 3.8) is 0 Å². The van der Waals surface area contributed by atoms with E-state index in [0.717, 1.165) is 0 Å². The van der Waals surface area contributed by atoms with Gasteiger partial charge >= 0.3 is 5.97 Å². The fraction of sp³-hybridized carbons (Fsp3) is 0.900. The van der Waals surface area contributed by atoms with Gasteiger partial charge in [0.05, 0.1) is 25.0 Å². The summed E-state index contributed by atoms with van der Waals surface area (Å²) in [6, 6.07) is 0. The number of hydrogen-bond acceptors (Lipinski definition) is 5. The summed E-state index contributed by atoms with van der Waals surface area (Å²) in [7, 11) is 0. The predicted octanol–water partition coefficient (Wildman–Crippen LogP) is 0.619. The number of hydrogen-bond donors (Lipinski definition) is 3. The van der Waals surface area contributed by atoms with E-state index in [0.29, 0.717) is 6.42 Å². The van der Waals surface area contributed by atoms with Crippen LogP contribution in [0.5, 0.6) is 0 Å². The van der Waals surface area contributed by atoms with Crippen molar-refractivity contribution in [2.24, 2.45) is 5.41 Å². The first-order valence-electron chi connectivity index (χ1n) is 5.05. The molecule has 0 amide bonds. The number of carbonyl (C=O) groups excluding carboxylic acids is 1. The fourth-order valence-corrected chi connectivity index (χ4v) is 1.15. The molecule has 1 atom stereocenters. The Hall–Kier alpha value is -0.260. The zero-order valence-electron chi connectivity index (χ0n) is 9.27. The van der Waals surface area contributed by atoms with E-state index in [-0.39, 0.29) is 37.5 Å². The summed E-state index contributed by atoms with van der Waals surface area (Å²) >= 11 is 4.07. The van der Waals surface area contributed by atoms with Crippen LogP contribution in [0.15, 0.2) is 0 Å². The average molecular weight is 236 g/mol. The zero-order valence-corrected chi connectivity index (χ0v) is 10.2. The van der Waals surface area contributed by atoms with Crippen LogP contribution >= 0.6 is 12.6 Å². The summed E-state index contributed by atoms with van der Waals surface area (Å²) in [5, 5.41) is 18.2. The summed E-state index contributed by atoms with van der Waals surface area (Å²) in [6.45, 7) is 3.31. The lowest BCUT2D eigenvalue weighted by atomic mass is 9.88. The van der Waals surface area contributed by atoms with Gasteiger partial charge in [0.15, 0.2) is 0 Å². The fourth-order valence-electron chi connectivity index (χ4n) is 1.00. The Balaban J connectivity index is 4.05. The molecular formula is C10H20O4S. The molecule has 0 aromatic rings. The molecule has 0 fully saturated rings. The lowest BCUT2D eigenvalue weighted by molar-refractivity contribution is -0.149. The van der Waals surface area contributed by atoms with Crippen molar-refractivity contribution in [3.05, 3.63) is 0 Å². The van der Waals surface area contributed by atoms with Gasteiger partial charge in [-0.1, -0.05) is 13.8 Å². The Labute approximate surface area is 96.0 Å². The molecule has 0 saturated carbocycles. The number of aliphatic hydroxyl groups is 2. The third-order valence-corrected chi connectivity index (χ3v) is 2.60. The van der Waals surface area contributed by atoms with E-state index in [4.69, 9.17) is 14.9 Å². The second-order valence-electron chi connectivity index (χ2n) is 3.88. The van der Waals surface area contributed by atoms with E-state index in [1.165, 1.54) is 0 Å². The average Bonchev–Trinajstić information content (AvgIpc) is 2.20. The minimum atomic E-state index is -0.713. The number of rotatable bonds is 7. The number of aliphatic hydroxyl groups excluding tert-OH is 2. The molecule has 90 valence electrons. The molecule has 0 radical (unpaired) electrons. The van der Waals surface area contributed by atoms with Gasteiger partial charge in [-0.2, -0.15) is 12.6 Å². The van der Waals surface area contributed by atoms with Crippen molar-refractivity contribution in [1.82, 2.24) is 0 Å². The first-order valence-corrected chi connectivity index (χ1v) is 5.56. The summed E-state index contributed by atoms with van der Waals surface area (Å²) in [5.74, 6) is -0.350. The van der Waals surface area contributed by atoms with Gasteiger partial charge < -0.3 is 14.9 Å². The van der Waals surface area contributed by atoms with Gasteiger partial charge in [0.1, 0.15) is 6.61 Å². The van der Waals surface area contributed by atoms with E-state index >= 15 is 0 Å². The number of thiol groups is 1. The maximum atomic E-state index is 11.2. The van der Waals surface area contributed by atoms with Crippen LogP contribution in [0.25, 0.3) is 0 Å². The summed E-state index contributed by atoms with van der Waals surface area (Å²) in [4.78, 5) is 11.2. The van der Waals surface area contributed by atoms with Gasteiger partial charge in [-0.05, 0) is 6.42 Å². The quantitative estimate of drug-likeness (QED) is 0.448. The first-order chi connectivity index (χ1) is 6.99. The van der Waals surface area contributed by atoms with Crippen LogP contribution in [-0.4, -0.2) is 41.3 Å². The van der Waals surface area contributed by atoms with E-state index in [1.54, 1.807) is 6.92 Å².